The molecule has 2 aliphatic rings. The normalized spacial score (nSPS) is 26.9. The number of nitrogens with one attached hydrogen (secondary N) is 1. The number of hydrogen-bond donors (Lipinski definition) is 1. The molecule has 0 aliphatic heterocycles. The van der Waals surface area contributed by atoms with E-state index in [1.807, 2.05) is 0 Å². The summed E-state index contributed by atoms with van der Waals surface area (Å²) in [6.07, 6.45) is 12.8. The minimum Gasteiger partial charge on any atom is -0.311 e. The first-order valence-electron chi connectivity index (χ1n) is 4.86. The molecule has 2 aliphatic carbocycles. The third-order valence-electron chi connectivity index (χ3n) is 2.83. The van der Waals surface area contributed by atoms with Gasteiger partial charge in [0.2, 0.25) is 0 Å². The van der Waals surface area contributed by atoms with Gasteiger partial charge in [0.05, 0.1) is 0 Å². The van der Waals surface area contributed by atoms with Crippen molar-refractivity contribution in [2.75, 3.05) is 0 Å². The van der Waals surface area contributed by atoms with Gasteiger partial charge in [-0.3, -0.25) is 0 Å². The van der Waals surface area contributed by atoms with E-state index in [0.29, 0.717) is 0 Å². The minimum atomic E-state index is 0.776. The van der Waals surface area contributed by atoms with Gasteiger partial charge in [0.25, 0.3) is 0 Å². The van der Waals surface area contributed by atoms with E-state index in [1.165, 1.54) is 38.5 Å². The highest BCUT2D eigenvalue weighted by atomic mass is 15.0. The third kappa shape index (κ3) is 1.84. The lowest BCUT2D eigenvalue weighted by atomic mass is 10.2. The van der Waals surface area contributed by atoms with Crippen molar-refractivity contribution in [2.24, 2.45) is 0 Å². The monoisotopic (exact) mass is 151 g/mol. The van der Waals surface area contributed by atoms with Gasteiger partial charge < -0.3 is 5.32 Å². The van der Waals surface area contributed by atoms with Crippen LogP contribution in [0.1, 0.15) is 38.5 Å². The molecule has 0 atom stereocenters. The molecule has 1 saturated carbocycles. The Morgan fingerprint density at radius 1 is 0.909 bits per heavy atom. The van der Waals surface area contributed by atoms with Crippen LogP contribution in [0.25, 0.3) is 0 Å². The molecule has 1 N–H and O–H groups in total. The summed E-state index contributed by atoms with van der Waals surface area (Å²) in [5.41, 5.74) is 0. The molecule has 0 heterocycles. The molecule has 1 fully saturated rings. The molecule has 2 rings (SSSR count). The lowest BCUT2D eigenvalue weighted by Crippen LogP contribution is -2.34. The molecular formula is C10H17N. The summed E-state index contributed by atoms with van der Waals surface area (Å²) >= 11 is 0. The summed E-state index contributed by atoms with van der Waals surface area (Å²) in [6.45, 7) is 0. The van der Waals surface area contributed by atoms with Crippen LogP contribution in [0.4, 0.5) is 0 Å². The Labute approximate surface area is 68.9 Å². The standard InChI is InChI=1S/C10H17N/c1-2-6-9(5-1)11-10-7-3-4-8-10/h1-2,9-11H,3-8H2. The van der Waals surface area contributed by atoms with E-state index in [4.69, 9.17) is 0 Å². The molecular weight excluding hydrogens is 134 g/mol. The quantitative estimate of drug-likeness (QED) is 0.597. The molecule has 62 valence electrons. The highest BCUT2D eigenvalue weighted by Crippen LogP contribution is 2.20. The Morgan fingerprint density at radius 3 is 2.18 bits per heavy atom. The maximum absolute atomic E-state index is 3.72. The van der Waals surface area contributed by atoms with Crippen LogP contribution in [-0.2, 0) is 0 Å². The summed E-state index contributed by atoms with van der Waals surface area (Å²) in [4.78, 5) is 0. The maximum Gasteiger partial charge on any atom is 0.0139 e. The van der Waals surface area contributed by atoms with Gasteiger partial charge in [-0.05, 0) is 25.7 Å². The molecule has 0 radical (unpaired) electrons. The Bertz CT molecular complexity index is 137. The van der Waals surface area contributed by atoms with Crippen molar-refractivity contribution in [1.29, 1.82) is 0 Å². The molecule has 1 heteroatoms. The zero-order chi connectivity index (χ0) is 7.52. The van der Waals surface area contributed by atoms with Crippen LogP contribution in [0, 0.1) is 0 Å². The van der Waals surface area contributed by atoms with E-state index in [9.17, 15) is 0 Å². The molecule has 0 saturated heterocycles. The molecule has 0 aromatic carbocycles. The van der Waals surface area contributed by atoms with E-state index in [-0.39, 0.29) is 0 Å². The molecule has 0 unspecified atom stereocenters. The van der Waals surface area contributed by atoms with Crippen LogP contribution in [0.15, 0.2) is 12.2 Å². The lowest BCUT2D eigenvalue weighted by Gasteiger charge is -2.17. The smallest absolute Gasteiger partial charge is 0.0139 e. The van der Waals surface area contributed by atoms with E-state index in [0.717, 1.165) is 12.1 Å². The fraction of sp³-hybridized carbons (Fsp3) is 0.800. The van der Waals surface area contributed by atoms with E-state index >= 15 is 0 Å². The summed E-state index contributed by atoms with van der Waals surface area (Å²) < 4.78 is 0. The van der Waals surface area contributed by atoms with Gasteiger partial charge in [-0.2, -0.15) is 0 Å². The topological polar surface area (TPSA) is 12.0 Å². The molecule has 1 nitrogen and oxygen atoms in total. The zero-order valence-corrected chi connectivity index (χ0v) is 7.05. The Morgan fingerprint density at radius 2 is 1.55 bits per heavy atom. The second-order valence-electron chi connectivity index (χ2n) is 3.79. The van der Waals surface area contributed by atoms with Crippen molar-refractivity contribution in [3.8, 4) is 0 Å². The SMILES string of the molecule is C1=CCC(NC2CCCC2)C1. The zero-order valence-electron chi connectivity index (χ0n) is 7.05. The Hall–Kier alpha value is -0.300. The van der Waals surface area contributed by atoms with Gasteiger partial charge in [-0.15, -0.1) is 0 Å². The Kier molecular flexibility index (Phi) is 2.27. The molecule has 0 aromatic rings. The largest absolute Gasteiger partial charge is 0.311 e. The summed E-state index contributed by atoms with van der Waals surface area (Å²) in [5.74, 6) is 0. The maximum atomic E-state index is 3.72. The predicted octanol–water partition coefficient (Wildman–Crippen LogP) is 2.24. The fourth-order valence-corrected chi connectivity index (χ4v) is 2.18. The van der Waals surface area contributed by atoms with Gasteiger partial charge in [0.15, 0.2) is 0 Å². The molecule has 0 bridgehead atoms. The molecule has 0 spiro atoms. The van der Waals surface area contributed by atoms with Crippen LogP contribution < -0.4 is 5.32 Å². The van der Waals surface area contributed by atoms with Gasteiger partial charge in [-0.1, -0.05) is 25.0 Å². The lowest BCUT2D eigenvalue weighted by molar-refractivity contribution is 0.443. The summed E-state index contributed by atoms with van der Waals surface area (Å²) in [6, 6.07) is 1.62. The van der Waals surface area contributed by atoms with Crippen LogP contribution in [0.5, 0.6) is 0 Å². The fourth-order valence-electron chi connectivity index (χ4n) is 2.18. The van der Waals surface area contributed by atoms with Gasteiger partial charge in [0.1, 0.15) is 0 Å². The van der Waals surface area contributed by atoms with Crippen LogP contribution in [0.3, 0.4) is 0 Å². The molecule has 11 heavy (non-hydrogen) atoms. The Balaban J connectivity index is 1.72. The van der Waals surface area contributed by atoms with Crippen molar-refractivity contribution in [3.05, 3.63) is 12.2 Å². The van der Waals surface area contributed by atoms with Crippen molar-refractivity contribution in [1.82, 2.24) is 5.32 Å². The highest BCUT2D eigenvalue weighted by Gasteiger charge is 2.18. The van der Waals surface area contributed by atoms with Crippen LogP contribution in [0.2, 0.25) is 0 Å². The summed E-state index contributed by atoms with van der Waals surface area (Å²) in [7, 11) is 0. The van der Waals surface area contributed by atoms with Crippen LogP contribution >= 0.6 is 0 Å². The predicted molar refractivity (Wildman–Crippen MR) is 47.6 cm³/mol. The van der Waals surface area contributed by atoms with Crippen molar-refractivity contribution in [2.45, 2.75) is 50.6 Å². The van der Waals surface area contributed by atoms with Crippen molar-refractivity contribution < 1.29 is 0 Å². The van der Waals surface area contributed by atoms with Crippen molar-refractivity contribution >= 4 is 0 Å². The molecule has 0 amide bonds. The highest BCUT2D eigenvalue weighted by molar-refractivity contribution is 4.98. The average Bonchev–Trinajstić information content (AvgIpc) is 2.60. The van der Waals surface area contributed by atoms with E-state index in [1.54, 1.807) is 0 Å². The molecule has 0 aromatic heterocycles. The van der Waals surface area contributed by atoms with Crippen molar-refractivity contribution in [3.63, 3.8) is 0 Å². The second-order valence-corrected chi connectivity index (χ2v) is 3.79. The van der Waals surface area contributed by atoms with E-state index < -0.39 is 0 Å². The average molecular weight is 151 g/mol. The first-order valence-corrected chi connectivity index (χ1v) is 4.86. The van der Waals surface area contributed by atoms with Gasteiger partial charge in [-0.25, -0.2) is 0 Å². The van der Waals surface area contributed by atoms with Gasteiger partial charge in [0, 0.05) is 12.1 Å². The second kappa shape index (κ2) is 3.40. The van der Waals surface area contributed by atoms with Gasteiger partial charge >= 0.3 is 0 Å². The first-order chi connectivity index (χ1) is 5.45. The summed E-state index contributed by atoms with van der Waals surface area (Å²) in [5, 5.41) is 3.72. The minimum absolute atomic E-state index is 0.776. The van der Waals surface area contributed by atoms with E-state index in [2.05, 4.69) is 17.5 Å². The number of rotatable bonds is 2. The third-order valence-corrected chi connectivity index (χ3v) is 2.83. The number of hydrogen-bond acceptors (Lipinski definition) is 1. The van der Waals surface area contributed by atoms with Crippen LogP contribution in [-0.4, -0.2) is 12.1 Å². The first kappa shape index (κ1) is 7.35.